The van der Waals surface area contributed by atoms with Gasteiger partial charge in [-0.05, 0) is 40.2 Å². The minimum Gasteiger partial charge on any atom is -0.458 e. The molecule has 1 saturated heterocycles. The molecule has 2 atom stereocenters. The van der Waals surface area contributed by atoms with Crippen molar-refractivity contribution in [2.45, 2.75) is 58.7 Å². The van der Waals surface area contributed by atoms with Crippen LogP contribution in [-0.4, -0.2) is 48.1 Å². The number of carbonyl (C=O) groups is 2. The van der Waals surface area contributed by atoms with Crippen molar-refractivity contribution in [2.24, 2.45) is 5.92 Å². The summed E-state index contributed by atoms with van der Waals surface area (Å²) in [7, 11) is 1.77. The Hall–Kier alpha value is -1.10. The Bertz CT molecular complexity index is 347. The Morgan fingerprint density at radius 3 is 2.37 bits per heavy atom. The second-order valence-corrected chi connectivity index (χ2v) is 6.38. The fourth-order valence-corrected chi connectivity index (χ4v) is 2.37. The van der Waals surface area contributed by atoms with E-state index in [1.807, 2.05) is 34.6 Å². The number of carbonyl (C=O) groups excluding carboxylic acids is 2. The van der Waals surface area contributed by atoms with Gasteiger partial charge in [0.25, 0.3) is 0 Å². The first kappa shape index (κ1) is 16.0. The Morgan fingerprint density at radius 1 is 1.42 bits per heavy atom. The number of hydrogen-bond acceptors (Lipinski definition) is 4. The average molecular weight is 270 g/mol. The maximum absolute atomic E-state index is 12.3. The number of nitrogens with zero attached hydrogens (tertiary/aromatic N) is 1. The van der Waals surface area contributed by atoms with Crippen LogP contribution >= 0.6 is 0 Å². The highest BCUT2D eigenvalue weighted by Crippen LogP contribution is 2.22. The van der Waals surface area contributed by atoms with Crippen LogP contribution in [0.2, 0.25) is 0 Å². The van der Waals surface area contributed by atoms with Crippen LogP contribution in [0.15, 0.2) is 0 Å². The van der Waals surface area contributed by atoms with Crippen LogP contribution in [0.25, 0.3) is 0 Å². The Balaban J connectivity index is 2.85. The maximum atomic E-state index is 12.3. The molecule has 1 aliphatic rings. The first-order valence-corrected chi connectivity index (χ1v) is 6.88. The normalized spacial score (nSPS) is 21.9. The van der Waals surface area contributed by atoms with Gasteiger partial charge >= 0.3 is 5.97 Å². The van der Waals surface area contributed by atoms with Gasteiger partial charge in [-0.2, -0.15) is 0 Å². The summed E-state index contributed by atoms with van der Waals surface area (Å²) in [5, 5.41) is 2.98. The van der Waals surface area contributed by atoms with Crippen LogP contribution < -0.4 is 5.32 Å². The van der Waals surface area contributed by atoms with Gasteiger partial charge in [0.2, 0.25) is 5.91 Å². The van der Waals surface area contributed by atoms with Crippen molar-refractivity contribution in [2.75, 3.05) is 13.6 Å². The molecule has 1 heterocycles. The zero-order valence-electron chi connectivity index (χ0n) is 12.8. The number of amides is 1. The minimum atomic E-state index is -0.532. The summed E-state index contributed by atoms with van der Waals surface area (Å²) in [6, 6.07) is -0.672. The summed E-state index contributed by atoms with van der Waals surface area (Å²) in [4.78, 5) is 26.2. The molecule has 0 aromatic rings. The molecule has 0 spiro atoms. The van der Waals surface area contributed by atoms with E-state index < -0.39 is 11.6 Å². The Kier molecular flexibility index (Phi) is 4.96. The molecule has 1 fully saturated rings. The van der Waals surface area contributed by atoms with Gasteiger partial charge in [0.15, 0.2) is 0 Å². The maximum Gasteiger partial charge on any atom is 0.329 e. The highest BCUT2D eigenvalue weighted by Gasteiger charge is 2.41. The number of hydrogen-bond donors (Lipinski definition) is 1. The molecule has 0 bridgehead atoms. The number of esters is 1. The lowest BCUT2D eigenvalue weighted by Gasteiger charge is -2.32. The summed E-state index contributed by atoms with van der Waals surface area (Å²) in [6.07, 6.45) is 0.737. The predicted octanol–water partition coefficient (Wildman–Crippen LogP) is 1.17. The lowest BCUT2D eigenvalue weighted by molar-refractivity contribution is -0.165. The SMILES string of the molecule is CNC1CCN(C(C(=O)OC(C)(C)C)C(C)C)C1=O. The van der Waals surface area contributed by atoms with Crippen molar-refractivity contribution >= 4 is 11.9 Å². The van der Waals surface area contributed by atoms with Gasteiger partial charge in [0.1, 0.15) is 11.6 Å². The third-order valence-corrected chi connectivity index (χ3v) is 3.20. The van der Waals surface area contributed by atoms with Crippen LogP contribution in [0.3, 0.4) is 0 Å². The zero-order chi connectivity index (χ0) is 14.8. The molecule has 1 aliphatic heterocycles. The molecule has 1 amide bonds. The summed E-state index contributed by atoms with van der Waals surface area (Å²) < 4.78 is 5.44. The highest BCUT2D eigenvalue weighted by molar-refractivity contribution is 5.89. The molecule has 19 heavy (non-hydrogen) atoms. The van der Waals surface area contributed by atoms with E-state index in [2.05, 4.69) is 5.32 Å². The van der Waals surface area contributed by atoms with Crippen molar-refractivity contribution in [1.82, 2.24) is 10.2 Å². The summed E-state index contributed by atoms with van der Waals surface area (Å²) in [6.45, 7) is 10.00. The fourth-order valence-electron chi connectivity index (χ4n) is 2.37. The van der Waals surface area contributed by atoms with E-state index >= 15 is 0 Å². The second kappa shape index (κ2) is 5.90. The van der Waals surface area contributed by atoms with Crippen molar-refractivity contribution in [3.8, 4) is 0 Å². The summed E-state index contributed by atoms with van der Waals surface area (Å²) >= 11 is 0. The first-order valence-electron chi connectivity index (χ1n) is 6.88. The van der Waals surface area contributed by atoms with Gasteiger partial charge in [-0.3, -0.25) is 4.79 Å². The van der Waals surface area contributed by atoms with Crippen molar-refractivity contribution in [3.63, 3.8) is 0 Å². The molecule has 0 radical (unpaired) electrons. The lowest BCUT2D eigenvalue weighted by Crippen LogP contribution is -2.50. The molecular weight excluding hydrogens is 244 g/mol. The van der Waals surface area contributed by atoms with E-state index in [9.17, 15) is 9.59 Å². The third-order valence-electron chi connectivity index (χ3n) is 3.20. The molecule has 0 saturated carbocycles. The van der Waals surface area contributed by atoms with Crippen molar-refractivity contribution < 1.29 is 14.3 Å². The van der Waals surface area contributed by atoms with E-state index in [0.717, 1.165) is 6.42 Å². The largest absolute Gasteiger partial charge is 0.458 e. The van der Waals surface area contributed by atoms with Crippen molar-refractivity contribution in [1.29, 1.82) is 0 Å². The first-order chi connectivity index (χ1) is 8.67. The number of rotatable bonds is 4. The second-order valence-electron chi connectivity index (χ2n) is 6.38. The van der Waals surface area contributed by atoms with E-state index in [-0.39, 0.29) is 23.8 Å². The molecular formula is C14H26N2O3. The summed E-state index contributed by atoms with van der Waals surface area (Å²) in [5.41, 5.74) is -0.532. The zero-order valence-corrected chi connectivity index (χ0v) is 12.8. The molecule has 0 aliphatic carbocycles. The van der Waals surface area contributed by atoms with Gasteiger partial charge in [-0.25, -0.2) is 4.79 Å². The van der Waals surface area contributed by atoms with Crippen LogP contribution in [0, 0.1) is 5.92 Å². The standard InChI is InChI=1S/C14H26N2O3/c1-9(2)11(13(18)19-14(3,4)5)16-8-7-10(15-6)12(16)17/h9-11,15H,7-8H2,1-6H3. The van der Waals surface area contributed by atoms with Gasteiger partial charge in [-0.1, -0.05) is 13.8 Å². The molecule has 0 aromatic carbocycles. The van der Waals surface area contributed by atoms with Gasteiger partial charge in [-0.15, -0.1) is 0 Å². The smallest absolute Gasteiger partial charge is 0.329 e. The number of ether oxygens (including phenoxy) is 1. The quantitative estimate of drug-likeness (QED) is 0.779. The van der Waals surface area contributed by atoms with Crippen LogP contribution in [-0.2, 0) is 14.3 Å². The van der Waals surface area contributed by atoms with Gasteiger partial charge in [0.05, 0.1) is 6.04 Å². The van der Waals surface area contributed by atoms with Crippen molar-refractivity contribution in [3.05, 3.63) is 0 Å². The summed E-state index contributed by atoms with van der Waals surface area (Å²) in [5.74, 6) is -0.283. The minimum absolute atomic E-state index is 0.00735. The molecule has 0 aromatic heterocycles. The van der Waals surface area contributed by atoms with E-state index in [1.54, 1.807) is 11.9 Å². The highest BCUT2D eigenvalue weighted by atomic mass is 16.6. The Labute approximate surface area is 115 Å². The number of likely N-dealkylation sites (N-methyl/N-ethyl adjacent to an activating group) is 1. The van der Waals surface area contributed by atoms with E-state index in [1.165, 1.54) is 0 Å². The van der Waals surface area contributed by atoms with Crippen LogP contribution in [0.4, 0.5) is 0 Å². The van der Waals surface area contributed by atoms with Gasteiger partial charge < -0.3 is 15.0 Å². The fraction of sp³-hybridized carbons (Fsp3) is 0.857. The van der Waals surface area contributed by atoms with E-state index in [0.29, 0.717) is 6.54 Å². The predicted molar refractivity (Wildman–Crippen MR) is 73.6 cm³/mol. The van der Waals surface area contributed by atoms with E-state index in [4.69, 9.17) is 4.74 Å². The monoisotopic (exact) mass is 270 g/mol. The third kappa shape index (κ3) is 3.93. The van der Waals surface area contributed by atoms with Crippen LogP contribution in [0.1, 0.15) is 41.0 Å². The number of likely N-dealkylation sites (tertiary alicyclic amines) is 1. The number of nitrogens with one attached hydrogen (secondary N) is 1. The molecule has 5 nitrogen and oxygen atoms in total. The lowest BCUT2D eigenvalue weighted by atomic mass is 10.0. The van der Waals surface area contributed by atoms with Crippen LogP contribution in [0.5, 0.6) is 0 Å². The van der Waals surface area contributed by atoms with Gasteiger partial charge in [0, 0.05) is 6.54 Å². The molecule has 110 valence electrons. The molecule has 2 unspecified atom stereocenters. The molecule has 1 N–H and O–H groups in total. The molecule has 1 rings (SSSR count). The average Bonchev–Trinajstić information content (AvgIpc) is 2.57. The topological polar surface area (TPSA) is 58.6 Å². The molecule has 5 heteroatoms. The Morgan fingerprint density at radius 2 is 2.00 bits per heavy atom.